The van der Waals surface area contributed by atoms with Crippen LogP contribution in [-0.4, -0.2) is 47.4 Å². The molecule has 0 radical (unpaired) electrons. The van der Waals surface area contributed by atoms with Gasteiger partial charge in [0.25, 0.3) is 0 Å². The van der Waals surface area contributed by atoms with Crippen LogP contribution in [-0.2, 0) is 14.3 Å². The SMILES string of the molecule is CCCCCC/C=C\C/C=C\CCCCCCCC(=O)OCCCCCCCCCCCCCC/C=C\CCCCCCCCCCCCCCCCCCCC(=O)NC(CO)C(O)/C=C/CCCCCCCCCCCCCCCCCCCCCCCC. The number of carbonyl (C=O) groups is 2. The molecule has 0 saturated carbocycles. The largest absolute Gasteiger partial charge is 0.466 e. The van der Waals surface area contributed by atoms with E-state index in [-0.39, 0.29) is 18.5 Å². The number of unbranched alkanes of at least 4 members (excludes halogenated alkanes) is 60. The van der Waals surface area contributed by atoms with Crippen molar-refractivity contribution in [2.45, 2.75) is 463 Å². The predicted octanol–water partition coefficient (Wildman–Crippen LogP) is 27.2. The number of rotatable bonds is 77. The standard InChI is InChI=1S/C84H159NO5/c1-3-5-7-9-11-13-15-17-19-21-22-23-24-36-39-42-45-48-52-56-60-64-68-72-76-82(87)81(80-86)85-83(88)77-73-69-65-61-57-53-49-46-43-40-37-34-32-30-28-26-25-27-29-31-33-35-38-41-44-47-51-55-59-63-67-71-75-79-90-84(89)78-74-70-66-62-58-54-50-20-18-16-14-12-10-8-6-4-2/h14,16,20,29,31,50,72,76,81-82,86-87H,3-13,15,17-19,21-28,30,32-49,51-71,73-75,77-80H2,1-2H3,(H,85,88)/b16-14-,31-29-,50-20-,76-72+. The minimum absolute atomic E-state index is 0.00548. The van der Waals surface area contributed by atoms with Gasteiger partial charge in [0.15, 0.2) is 0 Å². The summed E-state index contributed by atoms with van der Waals surface area (Å²) in [5.74, 6) is -0.0547. The van der Waals surface area contributed by atoms with Crippen molar-refractivity contribution in [2.75, 3.05) is 13.2 Å². The summed E-state index contributed by atoms with van der Waals surface area (Å²) in [6.45, 7) is 4.93. The fourth-order valence-electron chi connectivity index (χ4n) is 12.8. The maximum absolute atomic E-state index is 12.6. The molecule has 0 aromatic rings. The molecule has 530 valence electrons. The van der Waals surface area contributed by atoms with Gasteiger partial charge in [0, 0.05) is 12.8 Å². The Morgan fingerprint density at radius 1 is 0.311 bits per heavy atom. The summed E-state index contributed by atoms with van der Waals surface area (Å²) in [5, 5.41) is 23.3. The zero-order chi connectivity index (χ0) is 64.9. The topological polar surface area (TPSA) is 95.9 Å². The molecule has 0 aromatic carbocycles. The maximum atomic E-state index is 12.6. The van der Waals surface area contributed by atoms with E-state index in [2.05, 4.69) is 55.6 Å². The van der Waals surface area contributed by atoms with E-state index in [9.17, 15) is 19.8 Å². The molecule has 0 bridgehead atoms. The van der Waals surface area contributed by atoms with E-state index < -0.39 is 12.1 Å². The molecule has 0 saturated heterocycles. The van der Waals surface area contributed by atoms with Crippen molar-refractivity contribution in [3.63, 3.8) is 0 Å². The third kappa shape index (κ3) is 74.9. The first-order valence-corrected chi connectivity index (χ1v) is 40.9. The lowest BCUT2D eigenvalue weighted by Gasteiger charge is -2.20. The summed E-state index contributed by atoms with van der Waals surface area (Å²) in [5.41, 5.74) is 0. The number of esters is 1. The van der Waals surface area contributed by atoms with Crippen LogP contribution in [0.2, 0.25) is 0 Å². The Morgan fingerprint density at radius 3 is 0.867 bits per heavy atom. The van der Waals surface area contributed by atoms with Crippen molar-refractivity contribution < 1.29 is 24.5 Å². The van der Waals surface area contributed by atoms with Crippen LogP contribution in [0.25, 0.3) is 0 Å². The number of amides is 1. The molecule has 0 spiro atoms. The Labute approximate surface area is 563 Å². The van der Waals surface area contributed by atoms with Crippen LogP contribution >= 0.6 is 0 Å². The second-order valence-electron chi connectivity index (χ2n) is 28.1. The summed E-state index contributed by atoms with van der Waals surface area (Å²) < 4.78 is 5.50. The van der Waals surface area contributed by atoms with Crippen molar-refractivity contribution in [3.8, 4) is 0 Å². The number of ether oxygens (including phenoxy) is 1. The molecule has 6 nitrogen and oxygen atoms in total. The summed E-state index contributed by atoms with van der Waals surface area (Å²) in [4.78, 5) is 24.7. The highest BCUT2D eigenvalue weighted by Crippen LogP contribution is 2.20. The average Bonchev–Trinajstić information content (AvgIpc) is 3.68. The highest BCUT2D eigenvalue weighted by molar-refractivity contribution is 5.76. The van der Waals surface area contributed by atoms with Gasteiger partial charge in [-0.05, 0) is 89.9 Å². The van der Waals surface area contributed by atoms with E-state index in [0.29, 0.717) is 19.4 Å². The van der Waals surface area contributed by atoms with Crippen LogP contribution < -0.4 is 5.32 Å². The number of allylic oxidation sites excluding steroid dienone is 7. The third-order valence-electron chi connectivity index (χ3n) is 19.1. The lowest BCUT2D eigenvalue weighted by atomic mass is 10.0. The van der Waals surface area contributed by atoms with Gasteiger partial charge in [-0.15, -0.1) is 0 Å². The Morgan fingerprint density at radius 2 is 0.556 bits per heavy atom. The third-order valence-corrected chi connectivity index (χ3v) is 19.1. The average molecular weight is 1260 g/mol. The maximum Gasteiger partial charge on any atom is 0.305 e. The molecular formula is C84H159NO5. The van der Waals surface area contributed by atoms with Crippen molar-refractivity contribution in [2.24, 2.45) is 0 Å². The quantitative estimate of drug-likeness (QED) is 0.0320. The molecule has 0 fully saturated rings. The van der Waals surface area contributed by atoms with Gasteiger partial charge >= 0.3 is 5.97 Å². The van der Waals surface area contributed by atoms with Crippen LogP contribution in [0, 0.1) is 0 Å². The van der Waals surface area contributed by atoms with Gasteiger partial charge in [0.1, 0.15) is 0 Å². The number of hydrogen-bond donors (Lipinski definition) is 3. The van der Waals surface area contributed by atoms with Crippen molar-refractivity contribution >= 4 is 11.9 Å². The van der Waals surface area contributed by atoms with Crippen molar-refractivity contribution in [1.29, 1.82) is 0 Å². The first kappa shape index (κ1) is 87.8. The lowest BCUT2D eigenvalue weighted by molar-refractivity contribution is -0.143. The van der Waals surface area contributed by atoms with Gasteiger partial charge in [0.2, 0.25) is 5.91 Å². The molecule has 90 heavy (non-hydrogen) atoms. The van der Waals surface area contributed by atoms with Crippen LogP contribution in [0.1, 0.15) is 450 Å². The molecule has 3 N–H and O–H groups in total. The highest BCUT2D eigenvalue weighted by Gasteiger charge is 2.18. The minimum Gasteiger partial charge on any atom is -0.466 e. The number of aliphatic hydroxyl groups is 2. The number of hydrogen-bond acceptors (Lipinski definition) is 5. The number of aliphatic hydroxyl groups excluding tert-OH is 2. The Hall–Kier alpha value is -2.18. The smallest absolute Gasteiger partial charge is 0.305 e. The van der Waals surface area contributed by atoms with E-state index in [1.165, 1.54) is 372 Å². The van der Waals surface area contributed by atoms with E-state index in [1.54, 1.807) is 6.08 Å². The molecule has 2 atom stereocenters. The second-order valence-corrected chi connectivity index (χ2v) is 28.1. The Balaban J connectivity index is 3.38. The Kier molecular flexibility index (Phi) is 77.3. The zero-order valence-electron chi connectivity index (χ0n) is 60.9. The molecule has 0 aliphatic carbocycles. The van der Waals surface area contributed by atoms with Gasteiger partial charge < -0.3 is 20.3 Å². The lowest BCUT2D eigenvalue weighted by Crippen LogP contribution is -2.45. The normalized spacial score (nSPS) is 12.7. The Bertz CT molecular complexity index is 1500. The number of nitrogens with one attached hydrogen (secondary N) is 1. The van der Waals surface area contributed by atoms with Gasteiger partial charge in [-0.2, -0.15) is 0 Å². The molecule has 2 unspecified atom stereocenters. The van der Waals surface area contributed by atoms with Gasteiger partial charge in [-0.25, -0.2) is 0 Å². The van der Waals surface area contributed by atoms with Gasteiger partial charge in [0.05, 0.1) is 25.4 Å². The zero-order valence-corrected chi connectivity index (χ0v) is 60.9. The summed E-state index contributed by atoms with van der Waals surface area (Å²) in [6.07, 6.45) is 105. The molecule has 0 aliphatic rings. The van der Waals surface area contributed by atoms with Gasteiger partial charge in [-0.1, -0.05) is 396 Å². The summed E-state index contributed by atoms with van der Waals surface area (Å²) in [7, 11) is 0. The number of carbonyl (C=O) groups excluding carboxylic acids is 2. The van der Waals surface area contributed by atoms with Crippen molar-refractivity contribution in [1.82, 2.24) is 5.32 Å². The van der Waals surface area contributed by atoms with E-state index in [1.807, 2.05) is 6.08 Å². The van der Waals surface area contributed by atoms with Gasteiger partial charge in [-0.3, -0.25) is 9.59 Å². The first-order chi connectivity index (χ1) is 44.5. The summed E-state index contributed by atoms with van der Waals surface area (Å²) in [6, 6.07) is -0.628. The first-order valence-electron chi connectivity index (χ1n) is 40.9. The van der Waals surface area contributed by atoms with E-state index >= 15 is 0 Å². The minimum atomic E-state index is -0.845. The molecule has 0 aliphatic heterocycles. The molecule has 1 amide bonds. The van der Waals surface area contributed by atoms with Crippen LogP contribution in [0.15, 0.2) is 48.6 Å². The molecule has 6 heteroatoms. The van der Waals surface area contributed by atoms with Crippen LogP contribution in [0.3, 0.4) is 0 Å². The van der Waals surface area contributed by atoms with E-state index in [0.717, 1.165) is 51.4 Å². The highest BCUT2D eigenvalue weighted by atomic mass is 16.5. The van der Waals surface area contributed by atoms with Crippen molar-refractivity contribution in [3.05, 3.63) is 48.6 Å². The molecule has 0 heterocycles. The second kappa shape index (κ2) is 79.3. The van der Waals surface area contributed by atoms with Crippen LogP contribution in [0.4, 0.5) is 0 Å². The fraction of sp³-hybridized carbons (Fsp3) is 0.881. The monoisotopic (exact) mass is 1260 g/mol. The van der Waals surface area contributed by atoms with E-state index in [4.69, 9.17) is 4.74 Å². The fourth-order valence-corrected chi connectivity index (χ4v) is 12.8. The predicted molar refractivity (Wildman–Crippen MR) is 398 cm³/mol. The molecule has 0 rings (SSSR count). The molecule has 0 aromatic heterocycles. The molecular weight excluding hydrogens is 1100 g/mol. The summed E-state index contributed by atoms with van der Waals surface area (Å²) >= 11 is 0. The van der Waals surface area contributed by atoms with Crippen LogP contribution in [0.5, 0.6) is 0 Å².